The van der Waals surface area contributed by atoms with Gasteiger partial charge in [-0.3, -0.25) is 4.79 Å². The molecule has 1 amide bonds. The lowest BCUT2D eigenvalue weighted by atomic mass is 10.2. The number of carbonyl (C=O) groups excluding carboxylic acids is 1. The molecule has 0 unspecified atom stereocenters. The molecule has 0 saturated carbocycles. The number of rotatable bonds is 6. The average molecular weight is 399 g/mol. The molecule has 0 aliphatic rings. The van der Waals surface area contributed by atoms with Gasteiger partial charge in [-0.25, -0.2) is 5.43 Å². The number of carbonyl (C=O) groups is 1. The number of nitrogens with zero attached hydrogens (tertiary/aromatic N) is 1. The van der Waals surface area contributed by atoms with Crippen LogP contribution in [0.25, 0.3) is 0 Å². The minimum Gasteiger partial charge on any atom is -0.489 e. The fourth-order valence-electron chi connectivity index (χ4n) is 2.32. The predicted octanol–water partition coefficient (Wildman–Crippen LogP) is 5.34. The van der Waals surface area contributed by atoms with Gasteiger partial charge in [-0.1, -0.05) is 65.7 Å². The minimum atomic E-state index is -0.413. The van der Waals surface area contributed by atoms with Crippen molar-refractivity contribution in [3.8, 4) is 5.75 Å². The summed E-state index contributed by atoms with van der Waals surface area (Å²) < 4.78 is 5.78. The lowest BCUT2D eigenvalue weighted by molar-refractivity contribution is 0.0955. The lowest BCUT2D eigenvalue weighted by Crippen LogP contribution is -2.18. The zero-order chi connectivity index (χ0) is 19.1. The van der Waals surface area contributed by atoms with Gasteiger partial charge in [-0.2, -0.15) is 5.10 Å². The fourth-order valence-corrected chi connectivity index (χ4v) is 2.82. The third-order valence-corrected chi connectivity index (χ3v) is 4.21. The van der Waals surface area contributed by atoms with E-state index in [2.05, 4.69) is 10.5 Å². The van der Waals surface area contributed by atoms with Crippen LogP contribution in [0.15, 0.2) is 77.9 Å². The molecule has 0 saturated heterocycles. The molecule has 1 N–H and O–H groups in total. The molecule has 0 aliphatic heterocycles. The predicted molar refractivity (Wildman–Crippen MR) is 109 cm³/mol. The number of hydrogen-bond donors (Lipinski definition) is 1. The Hall–Kier alpha value is -2.82. The highest BCUT2D eigenvalue weighted by Crippen LogP contribution is 2.20. The molecule has 0 radical (unpaired) electrons. The first kappa shape index (κ1) is 19.0. The van der Waals surface area contributed by atoms with Gasteiger partial charge in [0.1, 0.15) is 12.4 Å². The van der Waals surface area contributed by atoms with Crippen LogP contribution >= 0.6 is 23.2 Å². The Bertz CT molecular complexity index is 959. The highest BCUT2D eigenvalue weighted by Gasteiger charge is 2.09. The Kier molecular flexibility index (Phi) is 6.47. The van der Waals surface area contributed by atoms with Crippen molar-refractivity contribution in [3.63, 3.8) is 0 Å². The maximum absolute atomic E-state index is 12.1. The van der Waals surface area contributed by atoms with Crippen molar-refractivity contribution in [1.82, 2.24) is 5.43 Å². The number of hydrogen-bond acceptors (Lipinski definition) is 3. The SMILES string of the molecule is O=C(NN=Cc1cccc(OCc2ccccc2)c1)c1ccc(Cl)cc1Cl. The summed E-state index contributed by atoms with van der Waals surface area (Å²) in [5, 5.41) is 4.70. The molecule has 0 atom stereocenters. The summed E-state index contributed by atoms with van der Waals surface area (Å²) in [7, 11) is 0. The smallest absolute Gasteiger partial charge is 0.272 e. The third-order valence-electron chi connectivity index (χ3n) is 3.66. The Morgan fingerprint density at radius 2 is 1.81 bits per heavy atom. The number of benzene rings is 3. The number of halogens is 2. The maximum atomic E-state index is 12.1. The van der Waals surface area contributed by atoms with E-state index in [4.69, 9.17) is 27.9 Å². The van der Waals surface area contributed by atoms with E-state index < -0.39 is 5.91 Å². The molecule has 0 bridgehead atoms. The van der Waals surface area contributed by atoms with Crippen molar-refractivity contribution in [2.45, 2.75) is 6.61 Å². The van der Waals surface area contributed by atoms with Gasteiger partial charge in [0, 0.05) is 5.02 Å². The third kappa shape index (κ3) is 5.58. The second-order valence-electron chi connectivity index (χ2n) is 5.67. The van der Waals surface area contributed by atoms with Crippen LogP contribution in [0.2, 0.25) is 10.0 Å². The van der Waals surface area contributed by atoms with Crippen LogP contribution in [0.1, 0.15) is 21.5 Å². The summed E-state index contributed by atoms with van der Waals surface area (Å²) in [5.41, 5.74) is 4.63. The first-order chi connectivity index (χ1) is 13.1. The van der Waals surface area contributed by atoms with Crippen molar-refractivity contribution in [2.75, 3.05) is 0 Å². The average Bonchev–Trinajstić information content (AvgIpc) is 2.67. The fraction of sp³-hybridized carbons (Fsp3) is 0.0476. The van der Waals surface area contributed by atoms with Gasteiger partial charge in [-0.05, 0) is 41.5 Å². The second kappa shape index (κ2) is 9.21. The Labute approximate surface area is 167 Å². The van der Waals surface area contributed by atoms with Crippen molar-refractivity contribution in [3.05, 3.63) is 99.5 Å². The first-order valence-corrected chi connectivity index (χ1v) is 8.92. The Morgan fingerprint density at radius 3 is 2.59 bits per heavy atom. The van der Waals surface area contributed by atoms with Crippen molar-refractivity contribution < 1.29 is 9.53 Å². The summed E-state index contributed by atoms with van der Waals surface area (Å²) in [5.74, 6) is 0.305. The van der Waals surface area contributed by atoms with Gasteiger partial charge < -0.3 is 4.74 Å². The summed E-state index contributed by atoms with van der Waals surface area (Å²) in [6, 6.07) is 22.0. The van der Waals surface area contributed by atoms with Crippen LogP contribution in [0.3, 0.4) is 0 Å². The van der Waals surface area contributed by atoms with Gasteiger partial charge in [0.2, 0.25) is 0 Å². The number of hydrazone groups is 1. The zero-order valence-corrected chi connectivity index (χ0v) is 15.7. The molecule has 3 aromatic carbocycles. The summed E-state index contributed by atoms with van der Waals surface area (Å²) in [6.07, 6.45) is 1.54. The summed E-state index contributed by atoms with van der Waals surface area (Å²) >= 11 is 11.8. The highest BCUT2D eigenvalue weighted by molar-refractivity contribution is 6.36. The molecule has 136 valence electrons. The van der Waals surface area contributed by atoms with Crippen molar-refractivity contribution in [2.24, 2.45) is 5.10 Å². The van der Waals surface area contributed by atoms with E-state index in [1.165, 1.54) is 12.3 Å². The van der Waals surface area contributed by atoms with E-state index in [9.17, 15) is 4.79 Å². The van der Waals surface area contributed by atoms with E-state index in [0.717, 1.165) is 16.9 Å². The Morgan fingerprint density at radius 1 is 1.00 bits per heavy atom. The van der Waals surface area contributed by atoms with Gasteiger partial charge in [-0.15, -0.1) is 0 Å². The quantitative estimate of drug-likeness (QED) is 0.450. The van der Waals surface area contributed by atoms with Crippen LogP contribution in [0.4, 0.5) is 0 Å². The highest BCUT2D eigenvalue weighted by atomic mass is 35.5. The number of ether oxygens (including phenoxy) is 1. The van der Waals surface area contributed by atoms with Gasteiger partial charge in [0.15, 0.2) is 0 Å². The molecule has 6 heteroatoms. The molecule has 3 rings (SSSR count). The van der Waals surface area contributed by atoms with Gasteiger partial charge in [0.25, 0.3) is 5.91 Å². The van der Waals surface area contributed by atoms with E-state index >= 15 is 0 Å². The molecule has 0 aromatic heterocycles. The topological polar surface area (TPSA) is 50.7 Å². The lowest BCUT2D eigenvalue weighted by Gasteiger charge is -2.07. The summed E-state index contributed by atoms with van der Waals surface area (Å²) in [6.45, 7) is 0.479. The standard InChI is InChI=1S/C21H16Cl2N2O2/c22-17-9-10-19(20(23)12-17)21(26)25-24-13-16-7-4-8-18(11-16)27-14-15-5-2-1-3-6-15/h1-13H,14H2,(H,25,26). The molecular weight excluding hydrogens is 383 g/mol. The molecular formula is C21H16Cl2N2O2. The zero-order valence-electron chi connectivity index (χ0n) is 14.2. The normalized spacial score (nSPS) is 10.7. The van der Waals surface area contributed by atoms with E-state index in [1.807, 2.05) is 54.6 Å². The molecule has 0 aliphatic carbocycles. The van der Waals surface area contributed by atoms with Gasteiger partial charge in [0.05, 0.1) is 16.8 Å². The van der Waals surface area contributed by atoms with Gasteiger partial charge >= 0.3 is 0 Å². The molecule has 4 nitrogen and oxygen atoms in total. The molecule has 3 aromatic rings. The van der Waals surface area contributed by atoms with Crippen LogP contribution in [-0.2, 0) is 6.61 Å². The second-order valence-corrected chi connectivity index (χ2v) is 6.51. The number of nitrogens with one attached hydrogen (secondary N) is 1. The van der Waals surface area contributed by atoms with Crippen LogP contribution in [-0.4, -0.2) is 12.1 Å². The van der Waals surface area contributed by atoms with E-state index in [0.29, 0.717) is 17.2 Å². The Balaban J connectivity index is 1.59. The monoisotopic (exact) mass is 398 g/mol. The maximum Gasteiger partial charge on any atom is 0.272 e. The van der Waals surface area contributed by atoms with Crippen molar-refractivity contribution >= 4 is 35.3 Å². The van der Waals surface area contributed by atoms with Crippen LogP contribution in [0.5, 0.6) is 5.75 Å². The minimum absolute atomic E-state index is 0.270. The molecule has 0 fully saturated rings. The van der Waals surface area contributed by atoms with Crippen molar-refractivity contribution in [1.29, 1.82) is 0 Å². The van der Waals surface area contributed by atoms with E-state index in [1.54, 1.807) is 12.1 Å². The molecule has 27 heavy (non-hydrogen) atoms. The largest absolute Gasteiger partial charge is 0.489 e. The number of amides is 1. The van der Waals surface area contributed by atoms with Crippen LogP contribution < -0.4 is 10.2 Å². The summed E-state index contributed by atoms with van der Waals surface area (Å²) in [4.78, 5) is 12.1. The van der Waals surface area contributed by atoms with E-state index in [-0.39, 0.29) is 5.02 Å². The molecule has 0 heterocycles. The van der Waals surface area contributed by atoms with Crippen LogP contribution in [0, 0.1) is 0 Å². The molecule has 0 spiro atoms. The first-order valence-electron chi connectivity index (χ1n) is 8.17.